The van der Waals surface area contributed by atoms with Gasteiger partial charge in [-0.05, 0) is 57.6 Å². The Hall–Kier alpha value is -4.02. The molecule has 9 nitrogen and oxygen atoms in total. The predicted octanol–water partition coefficient (Wildman–Crippen LogP) is 3.74. The Balaban J connectivity index is 1.29. The molecule has 0 saturated heterocycles. The van der Waals surface area contributed by atoms with Crippen LogP contribution in [0.5, 0.6) is 0 Å². The van der Waals surface area contributed by atoms with E-state index in [1.807, 2.05) is 13.8 Å². The summed E-state index contributed by atoms with van der Waals surface area (Å²) in [6, 6.07) is 2.11. The number of nitrogens with one attached hydrogen (secondary N) is 1. The van der Waals surface area contributed by atoms with E-state index in [-0.39, 0.29) is 28.6 Å². The molecule has 1 aromatic carbocycles. The van der Waals surface area contributed by atoms with E-state index in [2.05, 4.69) is 25.4 Å². The van der Waals surface area contributed by atoms with E-state index >= 15 is 8.78 Å². The molecule has 1 N–H and O–H groups in total. The molecule has 0 unspecified atom stereocenters. The standard InChI is InChI=1S/C26H25F2N7O2/c1-14(2)35-23-16(10-31-35)9-30-22(32-23)24(36)33-26(5-6-26)19-8-20(27)17(7-21(19)28)18-11-29-13-34(25(18)37)12-15-3-4-15/h7-11,13-15H,3-6,12H2,1-2H3,(H,33,36). The number of halogens is 2. The first-order chi connectivity index (χ1) is 17.8. The summed E-state index contributed by atoms with van der Waals surface area (Å²) >= 11 is 0. The highest BCUT2D eigenvalue weighted by molar-refractivity contribution is 5.93. The van der Waals surface area contributed by atoms with Crippen LogP contribution in [0.4, 0.5) is 8.78 Å². The molecule has 0 aliphatic heterocycles. The lowest BCUT2D eigenvalue weighted by Crippen LogP contribution is -2.36. The van der Waals surface area contributed by atoms with E-state index in [1.165, 1.54) is 23.3 Å². The molecule has 190 valence electrons. The van der Waals surface area contributed by atoms with E-state index < -0.39 is 28.6 Å². The molecular formula is C26H25F2N7O2. The Kier molecular flexibility index (Phi) is 5.39. The number of benzene rings is 1. The molecule has 0 spiro atoms. The number of nitrogens with zero attached hydrogens (tertiary/aromatic N) is 6. The fourth-order valence-corrected chi connectivity index (χ4v) is 4.65. The van der Waals surface area contributed by atoms with Crippen molar-refractivity contribution < 1.29 is 13.6 Å². The largest absolute Gasteiger partial charge is 0.340 e. The van der Waals surface area contributed by atoms with Crippen LogP contribution in [0.1, 0.15) is 61.8 Å². The second-order valence-electron chi connectivity index (χ2n) is 10.2. The number of hydrogen-bond donors (Lipinski definition) is 1. The van der Waals surface area contributed by atoms with Gasteiger partial charge in [-0.25, -0.2) is 28.4 Å². The van der Waals surface area contributed by atoms with Crippen molar-refractivity contribution in [2.24, 2.45) is 5.92 Å². The van der Waals surface area contributed by atoms with Crippen LogP contribution in [0, 0.1) is 17.6 Å². The third-order valence-electron chi connectivity index (χ3n) is 7.04. The molecule has 11 heteroatoms. The smallest absolute Gasteiger partial charge is 0.289 e. The first-order valence-electron chi connectivity index (χ1n) is 12.3. The van der Waals surface area contributed by atoms with Crippen molar-refractivity contribution in [3.8, 4) is 11.1 Å². The molecule has 1 amide bonds. The lowest BCUT2D eigenvalue weighted by Gasteiger charge is -2.19. The molecule has 2 aliphatic carbocycles. The molecule has 2 saturated carbocycles. The maximum Gasteiger partial charge on any atom is 0.289 e. The molecule has 37 heavy (non-hydrogen) atoms. The Bertz CT molecular complexity index is 1600. The van der Waals surface area contributed by atoms with Crippen molar-refractivity contribution in [3.63, 3.8) is 0 Å². The summed E-state index contributed by atoms with van der Waals surface area (Å²) in [5, 5.41) is 7.78. The van der Waals surface area contributed by atoms with Crippen LogP contribution in [0.15, 0.2) is 41.8 Å². The van der Waals surface area contributed by atoms with Crippen molar-refractivity contribution in [1.29, 1.82) is 0 Å². The summed E-state index contributed by atoms with van der Waals surface area (Å²) < 4.78 is 33.8. The quantitative estimate of drug-likeness (QED) is 0.410. The molecule has 2 aliphatic rings. The van der Waals surface area contributed by atoms with Gasteiger partial charge in [0.25, 0.3) is 11.5 Å². The van der Waals surface area contributed by atoms with Crippen LogP contribution in [0.3, 0.4) is 0 Å². The van der Waals surface area contributed by atoms with E-state index in [1.54, 1.807) is 10.9 Å². The van der Waals surface area contributed by atoms with Gasteiger partial charge in [0.05, 0.1) is 29.0 Å². The molecule has 3 heterocycles. The number of hydrogen-bond acceptors (Lipinski definition) is 6. The summed E-state index contributed by atoms with van der Waals surface area (Å²) in [6.07, 6.45) is 8.78. The maximum atomic E-state index is 15.4. The molecule has 0 radical (unpaired) electrons. The van der Waals surface area contributed by atoms with E-state index in [4.69, 9.17) is 0 Å². The van der Waals surface area contributed by atoms with Gasteiger partial charge in [-0.3, -0.25) is 14.2 Å². The lowest BCUT2D eigenvalue weighted by atomic mass is 9.98. The summed E-state index contributed by atoms with van der Waals surface area (Å²) in [4.78, 5) is 38.5. The van der Waals surface area contributed by atoms with E-state index in [0.717, 1.165) is 25.0 Å². The van der Waals surface area contributed by atoms with Gasteiger partial charge < -0.3 is 5.32 Å². The molecule has 4 aromatic rings. The zero-order chi connectivity index (χ0) is 25.9. The van der Waals surface area contributed by atoms with Gasteiger partial charge in [-0.15, -0.1) is 0 Å². The maximum absolute atomic E-state index is 15.4. The van der Waals surface area contributed by atoms with E-state index in [0.29, 0.717) is 36.3 Å². The van der Waals surface area contributed by atoms with Crippen molar-refractivity contribution >= 4 is 16.9 Å². The minimum Gasteiger partial charge on any atom is -0.340 e. The number of fused-ring (bicyclic) bond motifs is 1. The zero-order valence-corrected chi connectivity index (χ0v) is 20.4. The Morgan fingerprint density at radius 1 is 1.14 bits per heavy atom. The average Bonchev–Trinajstić information content (AvgIpc) is 3.80. The second-order valence-corrected chi connectivity index (χ2v) is 10.2. The Labute approximate surface area is 210 Å². The summed E-state index contributed by atoms with van der Waals surface area (Å²) in [5.74, 6) is -1.70. The number of amides is 1. The Morgan fingerprint density at radius 2 is 1.92 bits per heavy atom. The number of carbonyl (C=O) groups excluding carboxylic acids is 1. The van der Waals surface area contributed by atoms with Gasteiger partial charge in [-0.1, -0.05) is 0 Å². The fourth-order valence-electron chi connectivity index (χ4n) is 4.65. The first-order valence-corrected chi connectivity index (χ1v) is 12.3. The predicted molar refractivity (Wildman–Crippen MR) is 131 cm³/mol. The minimum atomic E-state index is -1.07. The van der Waals surface area contributed by atoms with Gasteiger partial charge in [0.1, 0.15) is 11.6 Å². The minimum absolute atomic E-state index is 0.00319. The number of carbonyl (C=O) groups is 1. The van der Waals surface area contributed by atoms with Gasteiger partial charge in [0.15, 0.2) is 5.65 Å². The number of rotatable bonds is 7. The molecule has 0 bridgehead atoms. The van der Waals surface area contributed by atoms with Crippen LogP contribution in [-0.4, -0.2) is 35.2 Å². The van der Waals surface area contributed by atoms with Gasteiger partial charge in [0.2, 0.25) is 5.82 Å². The van der Waals surface area contributed by atoms with Gasteiger partial charge in [0, 0.05) is 36.1 Å². The monoisotopic (exact) mass is 505 g/mol. The van der Waals surface area contributed by atoms with Crippen LogP contribution >= 0.6 is 0 Å². The van der Waals surface area contributed by atoms with Crippen LogP contribution in [0.2, 0.25) is 0 Å². The molecule has 2 fully saturated rings. The highest BCUT2D eigenvalue weighted by Crippen LogP contribution is 2.47. The molecular weight excluding hydrogens is 480 g/mol. The van der Waals surface area contributed by atoms with Crippen molar-refractivity contribution in [2.75, 3.05) is 0 Å². The third-order valence-corrected chi connectivity index (χ3v) is 7.04. The average molecular weight is 506 g/mol. The first kappa shape index (κ1) is 23.4. The highest BCUT2D eigenvalue weighted by atomic mass is 19.1. The zero-order valence-electron chi connectivity index (χ0n) is 20.4. The summed E-state index contributed by atoms with van der Waals surface area (Å²) in [5.41, 5.74) is -1.08. The fraction of sp³-hybridized carbons (Fsp3) is 0.385. The summed E-state index contributed by atoms with van der Waals surface area (Å²) in [6.45, 7) is 4.41. The normalized spacial score (nSPS) is 16.4. The molecule has 6 rings (SSSR count). The van der Waals surface area contributed by atoms with Gasteiger partial charge >= 0.3 is 0 Å². The SMILES string of the molecule is CC(C)n1ncc2cnc(C(=O)NC3(c4cc(F)c(-c5cncn(CC6CC6)c5=O)cc4F)CC3)nc21. The molecule has 3 aromatic heterocycles. The van der Waals surface area contributed by atoms with Crippen LogP contribution in [-0.2, 0) is 12.1 Å². The third kappa shape index (κ3) is 4.17. The number of aromatic nitrogens is 6. The van der Waals surface area contributed by atoms with Crippen molar-refractivity contribution in [1.82, 2.24) is 34.6 Å². The second kappa shape index (κ2) is 8.53. The highest BCUT2D eigenvalue weighted by Gasteiger charge is 2.48. The van der Waals surface area contributed by atoms with Crippen LogP contribution in [0.25, 0.3) is 22.2 Å². The molecule has 0 atom stereocenters. The lowest BCUT2D eigenvalue weighted by molar-refractivity contribution is 0.0919. The van der Waals surface area contributed by atoms with Crippen molar-refractivity contribution in [3.05, 3.63) is 70.4 Å². The van der Waals surface area contributed by atoms with Crippen molar-refractivity contribution in [2.45, 2.75) is 57.7 Å². The summed E-state index contributed by atoms with van der Waals surface area (Å²) in [7, 11) is 0. The van der Waals surface area contributed by atoms with E-state index in [9.17, 15) is 9.59 Å². The van der Waals surface area contributed by atoms with Crippen LogP contribution < -0.4 is 10.9 Å². The topological polar surface area (TPSA) is 108 Å². The van der Waals surface area contributed by atoms with Gasteiger partial charge in [-0.2, -0.15) is 5.10 Å². The Morgan fingerprint density at radius 3 is 2.62 bits per heavy atom.